The standard InChI is InChI=1S/C16H15ClN2O/c17-15-6-2-1-5-14(15)16(20)19(13-7-8-13)11-12-4-3-9-18-10-12/h1-6,9-10,13H,7-8,11H2. The van der Waals surface area contributed by atoms with Crippen LogP contribution in [0.15, 0.2) is 48.8 Å². The quantitative estimate of drug-likeness (QED) is 0.861. The van der Waals surface area contributed by atoms with Crippen molar-refractivity contribution in [3.63, 3.8) is 0 Å². The number of rotatable bonds is 4. The zero-order chi connectivity index (χ0) is 13.9. The van der Waals surface area contributed by atoms with Gasteiger partial charge < -0.3 is 4.90 Å². The van der Waals surface area contributed by atoms with E-state index in [0.29, 0.717) is 23.2 Å². The Balaban J connectivity index is 1.84. The topological polar surface area (TPSA) is 33.2 Å². The molecule has 0 atom stereocenters. The number of benzene rings is 1. The molecule has 1 fully saturated rings. The fourth-order valence-corrected chi connectivity index (χ4v) is 2.45. The zero-order valence-electron chi connectivity index (χ0n) is 11.0. The van der Waals surface area contributed by atoms with Gasteiger partial charge in [-0.15, -0.1) is 0 Å². The van der Waals surface area contributed by atoms with Crippen LogP contribution in [0.4, 0.5) is 0 Å². The van der Waals surface area contributed by atoms with E-state index < -0.39 is 0 Å². The number of nitrogens with zero attached hydrogens (tertiary/aromatic N) is 2. The summed E-state index contributed by atoms with van der Waals surface area (Å²) < 4.78 is 0. The molecule has 0 bridgehead atoms. The molecule has 1 heterocycles. The first-order valence-corrected chi connectivity index (χ1v) is 7.08. The molecule has 0 radical (unpaired) electrons. The van der Waals surface area contributed by atoms with Gasteiger partial charge in [-0.1, -0.05) is 29.8 Å². The molecule has 1 aromatic carbocycles. The van der Waals surface area contributed by atoms with E-state index in [4.69, 9.17) is 11.6 Å². The molecule has 1 amide bonds. The molecule has 0 spiro atoms. The van der Waals surface area contributed by atoms with Crippen LogP contribution in [0.5, 0.6) is 0 Å². The predicted molar refractivity (Wildman–Crippen MR) is 78.6 cm³/mol. The van der Waals surface area contributed by atoms with Crippen LogP contribution in [-0.2, 0) is 6.54 Å². The maximum Gasteiger partial charge on any atom is 0.255 e. The summed E-state index contributed by atoms with van der Waals surface area (Å²) in [6.45, 7) is 0.586. The van der Waals surface area contributed by atoms with Crippen molar-refractivity contribution in [2.75, 3.05) is 0 Å². The van der Waals surface area contributed by atoms with Crippen LogP contribution in [0.2, 0.25) is 5.02 Å². The van der Waals surface area contributed by atoms with Crippen LogP contribution in [0, 0.1) is 0 Å². The van der Waals surface area contributed by atoms with Gasteiger partial charge in [0.1, 0.15) is 0 Å². The van der Waals surface area contributed by atoms with E-state index in [9.17, 15) is 4.79 Å². The Hall–Kier alpha value is -1.87. The second-order valence-electron chi connectivity index (χ2n) is 5.01. The number of hydrogen-bond acceptors (Lipinski definition) is 2. The molecule has 3 rings (SSSR count). The lowest BCUT2D eigenvalue weighted by Crippen LogP contribution is -2.32. The van der Waals surface area contributed by atoms with E-state index >= 15 is 0 Å². The minimum atomic E-state index is 0.00181. The molecular weight excluding hydrogens is 272 g/mol. The molecule has 0 unspecified atom stereocenters. The third-order valence-corrected chi connectivity index (χ3v) is 3.76. The van der Waals surface area contributed by atoms with E-state index in [1.54, 1.807) is 24.5 Å². The van der Waals surface area contributed by atoms with Crippen molar-refractivity contribution in [2.45, 2.75) is 25.4 Å². The van der Waals surface area contributed by atoms with Crippen molar-refractivity contribution in [2.24, 2.45) is 0 Å². The summed E-state index contributed by atoms with van der Waals surface area (Å²) in [5.74, 6) is 0.00181. The third kappa shape index (κ3) is 2.83. The van der Waals surface area contributed by atoms with Gasteiger partial charge in [-0.25, -0.2) is 0 Å². The molecule has 102 valence electrons. The van der Waals surface area contributed by atoms with Crippen molar-refractivity contribution < 1.29 is 4.79 Å². The smallest absolute Gasteiger partial charge is 0.255 e. The molecule has 1 saturated carbocycles. The summed E-state index contributed by atoms with van der Waals surface area (Å²) in [4.78, 5) is 18.7. The largest absolute Gasteiger partial charge is 0.331 e. The van der Waals surface area contributed by atoms with Crippen molar-refractivity contribution in [1.29, 1.82) is 0 Å². The molecule has 0 aliphatic heterocycles. The first-order valence-electron chi connectivity index (χ1n) is 6.70. The monoisotopic (exact) mass is 286 g/mol. The summed E-state index contributed by atoms with van der Waals surface area (Å²) in [6, 6.07) is 11.4. The van der Waals surface area contributed by atoms with Crippen LogP contribution in [0.3, 0.4) is 0 Å². The van der Waals surface area contributed by atoms with Gasteiger partial charge in [0, 0.05) is 25.0 Å². The minimum absolute atomic E-state index is 0.00181. The van der Waals surface area contributed by atoms with E-state index in [-0.39, 0.29) is 5.91 Å². The zero-order valence-corrected chi connectivity index (χ0v) is 11.8. The Bertz CT molecular complexity index is 611. The van der Waals surface area contributed by atoms with E-state index in [2.05, 4.69) is 4.98 Å². The molecule has 0 saturated heterocycles. The van der Waals surface area contributed by atoms with Crippen LogP contribution >= 0.6 is 11.6 Å². The van der Waals surface area contributed by atoms with Gasteiger partial charge in [0.15, 0.2) is 0 Å². The number of amides is 1. The van der Waals surface area contributed by atoms with Crippen LogP contribution in [-0.4, -0.2) is 21.8 Å². The second-order valence-corrected chi connectivity index (χ2v) is 5.41. The summed E-state index contributed by atoms with van der Waals surface area (Å²) >= 11 is 6.13. The number of halogens is 1. The number of carbonyl (C=O) groups excluding carboxylic acids is 1. The van der Waals surface area contributed by atoms with Crippen molar-refractivity contribution in [3.8, 4) is 0 Å². The third-order valence-electron chi connectivity index (χ3n) is 3.43. The summed E-state index contributed by atoms with van der Waals surface area (Å²) in [5.41, 5.74) is 1.62. The average Bonchev–Trinajstić information content (AvgIpc) is 3.30. The number of carbonyl (C=O) groups is 1. The normalized spacial score (nSPS) is 14.1. The van der Waals surface area contributed by atoms with E-state index in [1.165, 1.54) is 0 Å². The van der Waals surface area contributed by atoms with Gasteiger partial charge in [0.25, 0.3) is 5.91 Å². The fraction of sp³-hybridized carbons (Fsp3) is 0.250. The maximum atomic E-state index is 12.7. The van der Waals surface area contributed by atoms with Crippen LogP contribution in [0.1, 0.15) is 28.8 Å². The number of aromatic nitrogens is 1. The van der Waals surface area contributed by atoms with Gasteiger partial charge in [-0.3, -0.25) is 9.78 Å². The molecule has 1 aliphatic rings. The van der Waals surface area contributed by atoms with Crippen molar-refractivity contribution in [3.05, 3.63) is 64.9 Å². The van der Waals surface area contributed by atoms with Crippen LogP contribution < -0.4 is 0 Å². The van der Waals surface area contributed by atoms with Gasteiger partial charge in [0.2, 0.25) is 0 Å². The highest BCUT2D eigenvalue weighted by Gasteiger charge is 2.33. The highest BCUT2D eigenvalue weighted by atomic mass is 35.5. The first-order chi connectivity index (χ1) is 9.75. The average molecular weight is 287 g/mol. The maximum absolute atomic E-state index is 12.7. The highest BCUT2D eigenvalue weighted by Crippen LogP contribution is 2.31. The molecular formula is C16H15ClN2O. The Kier molecular flexibility index (Phi) is 3.70. The van der Waals surface area contributed by atoms with Gasteiger partial charge in [0.05, 0.1) is 10.6 Å². The Labute approximate surface area is 123 Å². The van der Waals surface area contributed by atoms with E-state index in [0.717, 1.165) is 18.4 Å². The number of hydrogen-bond donors (Lipinski definition) is 0. The second kappa shape index (κ2) is 5.63. The van der Waals surface area contributed by atoms with E-state index in [1.807, 2.05) is 29.2 Å². The fourth-order valence-electron chi connectivity index (χ4n) is 2.23. The van der Waals surface area contributed by atoms with Gasteiger partial charge in [-0.2, -0.15) is 0 Å². The van der Waals surface area contributed by atoms with Gasteiger partial charge in [-0.05, 0) is 36.6 Å². The molecule has 2 aromatic rings. The SMILES string of the molecule is O=C(c1ccccc1Cl)N(Cc1cccnc1)C1CC1. The minimum Gasteiger partial charge on any atom is -0.331 e. The first kappa shape index (κ1) is 13.1. The van der Waals surface area contributed by atoms with Crippen molar-refractivity contribution in [1.82, 2.24) is 9.88 Å². The lowest BCUT2D eigenvalue weighted by Gasteiger charge is -2.23. The molecule has 20 heavy (non-hydrogen) atoms. The Morgan fingerprint density at radius 1 is 1.25 bits per heavy atom. The lowest BCUT2D eigenvalue weighted by atomic mass is 10.1. The number of pyridine rings is 1. The molecule has 4 heteroatoms. The van der Waals surface area contributed by atoms with Gasteiger partial charge >= 0.3 is 0 Å². The van der Waals surface area contributed by atoms with Crippen LogP contribution in [0.25, 0.3) is 0 Å². The summed E-state index contributed by atoms with van der Waals surface area (Å²) in [5, 5.41) is 0.509. The summed E-state index contributed by atoms with van der Waals surface area (Å²) in [6.07, 6.45) is 5.67. The lowest BCUT2D eigenvalue weighted by molar-refractivity contribution is 0.0730. The predicted octanol–water partition coefficient (Wildman–Crippen LogP) is 3.54. The molecule has 1 aliphatic carbocycles. The summed E-state index contributed by atoms with van der Waals surface area (Å²) in [7, 11) is 0. The highest BCUT2D eigenvalue weighted by molar-refractivity contribution is 6.33. The Morgan fingerprint density at radius 2 is 2.05 bits per heavy atom. The molecule has 0 N–H and O–H groups in total. The molecule has 3 nitrogen and oxygen atoms in total. The Morgan fingerprint density at radius 3 is 2.70 bits per heavy atom. The van der Waals surface area contributed by atoms with Crippen molar-refractivity contribution >= 4 is 17.5 Å². The molecule has 1 aromatic heterocycles.